The highest BCUT2D eigenvalue weighted by atomic mass is 32.1. The molecule has 160 valence electrons. The number of halogens is 1. The van der Waals surface area contributed by atoms with Gasteiger partial charge in [0.15, 0.2) is 0 Å². The maximum absolute atomic E-state index is 13.1. The Morgan fingerprint density at radius 3 is 2.57 bits per heavy atom. The monoisotopic (exact) mass is 430 g/mol. The number of piperazine rings is 1. The summed E-state index contributed by atoms with van der Waals surface area (Å²) in [6.07, 6.45) is 2.81. The van der Waals surface area contributed by atoms with E-state index in [1.165, 1.54) is 28.3 Å². The number of fused-ring (bicyclic) bond motifs is 1. The van der Waals surface area contributed by atoms with E-state index in [-0.39, 0.29) is 18.3 Å². The summed E-state index contributed by atoms with van der Waals surface area (Å²) in [6, 6.07) is 6.49. The number of amides is 2. The van der Waals surface area contributed by atoms with Gasteiger partial charge in [-0.15, -0.1) is 11.3 Å². The highest BCUT2D eigenvalue weighted by Gasteiger charge is 2.28. The Bertz CT molecular complexity index is 935. The zero-order valence-corrected chi connectivity index (χ0v) is 17.9. The topological polar surface area (TPSA) is 78.7 Å². The van der Waals surface area contributed by atoms with Gasteiger partial charge in [-0.25, -0.2) is 4.39 Å². The number of hydrogen-bond acceptors (Lipinski definition) is 5. The molecule has 1 unspecified atom stereocenters. The smallest absolute Gasteiger partial charge is 0.251 e. The molecule has 0 saturated carbocycles. The van der Waals surface area contributed by atoms with Gasteiger partial charge in [-0.3, -0.25) is 14.5 Å². The molecule has 1 fully saturated rings. The minimum atomic E-state index is -0.467. The first-order chi connectivity index (χ1) is 14.4. The molecule has 30 heavy (non-hydrogen) atoms. The predicted molar refractivity (Wildman–Crippen MR) is 118 cm³/mol. The molecule has 3 N–H and O–H groups in total. The first-order valence-electron chi connectivity index (χ1n) is 10.4. The summed E-state index contributed by atoms with van der Waals surface area (Å²) in [7, 11) is 0. The average Bonchev–Trinajstić information content (AvgIpc) is 3.06. The van der Waals surface area contributed by atoms with Crippen molar-refractivity contribution in [3.8, 4) is 0 Å². The summed E-state index contributed by atoms with van der Waals surface area (Å²) in [5, 5.41) is 3.54. The van der Waals surface area contributed by atoms with Gasteiger partial charge >= 0.3 is 0 Å². The predicted octanol–water partition coefficient (Wildman–Crippen LogP) is 2.87. The number of nitrogens with two attached hydrogens (primary N) is 1. The third-order valence-electron chi connectivity index (χ3n) is 5.94. The average molecular weight is 431 g/mol. The number of anilines is 2. The molecule has 4 rings (SSSR count). The number of nitrogens with zero attached hydrogens (tertiary/aromatic N) is 2. The Morgan fingerprint density at radius 1 is 1.20 bits per heavy atom. The Labute approximate surface area is 179 Å². The van der Waals surface area contributed by atoms with E-state index in [1.54, 1.807) is 12.1 Å². The van der Waals surface area contributed by atoms with E-state index < -0.39 is 5.91 Å². The lowest BCUT2D eigenvalue weighted by Crippen LogP contribution is -2.48. The van der Waals surface area contributed by atoms with Crippen LogP contribution in [0.3, 0.4) is 0 Å². The molecule has 1 aliphatic carbocycles. The fraction of sp³-hybridized carbons (Fsp3) is 0.455. The summed E-state index contributed by atoms with van der Waals surface area (Å²) < 4.78 is 13.1. The number of carbonyl (C=O) groups excluding carboxylic acids is 2. The van der Waals surface area contributed by atoms with Crippen molar-refractivity contribution in [2.75, 3.05) is 42.9 Å². The molecular formula is C22H27FN4O2S. The van der Waals surface area contributed by atoms with Crippen LogP contribution in [0.25, 0.3) is 0 Å². The van der Waals surface area contributed by atoms with E-state index in [2.05, 4.69) is 22.0 Å². The number of rotatable bonds is 5. The lowest BCUT2D eigenvalue weighted by Gasteiger charge is -2.35. The van der Waals surface area contributed by atoms with Gasteiger partial charge in [0.05, 0.1) is 12.1 Å². The van der Waals surface area contributed by atoms with Crippen molar-refractivity contribution >= 4 is 33.8 Å². The molecule has 1 saturated heterocycles. The third kappa shape index (κ3) is 4.49. The van der Waals surface area contributed by atoms with Crippen molar-refractivity contribution in [2.24, 2.45) is 11.7 Å². The number of thiophene rings is 1. The van der Waals surface area contributed by atoms with Crippen LogP contribution in [0.15, 0.2) is 24.3 Å². The fourth-order valence-corrected chi connectivity index (χ4v) is 5.72. The highest BCUT2D eigenvalue weighted by molar-refractivity contribution is 7.17. The molecule has 2 amide bonds. The molecule has 0 radical (unpaired) electrons. The van der Waals surface area contributed by atoms with Crippen LogP contribution in [-0.2, 0) is 17.6 Å². The lowest BCUT2D eigenvalue weighted by molar-refractivity contribution is -0.117. The van der Waals surface area contributed by atoms with E-state index in [4.69, 9.17) is 5.73 Å². The van der Waals surface area contributed by atoms with Gasteiger partial charge in [-0.1, -0.05) is 6.92 Å². The van der Waals surface area contributed by atoms with Crippen LogP contribution < -0.4 is 16.0 Å². The SMILES string of the molecule is CC1CCc2c(sc(NC(=O)CN3CCN(c4ccc(F)cc4)CC3)c2C(N)=O)C1. The fourth-order valence-electron chi connectivity index (χ4n) is 4.28. The van der Waals surface area contributed by atoms with Crippen LogP contribution in [-0.4, -0.2) is 49.4 Å². The molecule has 2 aromatic rings. The summed E-state index contributed by atoms with van der Waals surface area (Å²) in [4.78, 5) is 30.2. The molecule has 0 spiro atoms. The Hall–Kier alpha value is -2.45. The van der Waals surface area contributed by atoms with Crippen molar-refractivity contribution in [2.45, 2.75) is 26.2 Å². The Kier molecular flexibility index (Phi) is 6.06. The van der Waals surface area contributed by atoms with Gasteiger partial charge in [0.2, 0.25) is 5.91 Å². The molecule has 1 aliphatic heterocycles. The number of primary amides is 1. The van der Waals surface area contributed by atoms with Crippen molar-refractivity contribution < 1.29 is 14.0 Å². The number of hydrogen-bond donors (Lipinski definition) is 2. The van der Waals surface area contributed by atoms with E-state index in [1.807, 2.05) is 0 Å². The zero-order chi connectivity index (χ0) is 21.3. The number of benzene rings is 1. The van der Waals surface area contributed by atoms with Crippen LogP contribution in [0.5, 0.6) is 0 Å². The van der Waals surface area contributed by atoms with Gasteiger partial charge in [0.1, 0.15) is 10.8 Å². The second kappa shape index (κ2) is 8.73. The van der Waals surface area contributed by atoms with Gasteiger partial charge in [0.25, 0.3) is 5.91 Å². The van der Waals surface area contributed by atoms with Crippen LogP contribution in [0.4, 0.5) is 15.1 Å². The molecule has 2 heterocycles. The first kappa shape index (κ1) is 20.8. The minimum absolute atomic E-state index is 0.126. The molecule has 0 bridgehead atoms. The third-order valence-corrected chi connectivity index (χ3v) is 7.11. The number of nitrogens with one attached hydrogen (secondary N) is 1. The Balaban J connectivity index is 1.35. The van der Waals surface area contributed by atoms with Crippen LogP contribution in [0, 0.1) is 11.7 Å². The molecular weight excluding hydrogens is 403 g/mol. The minimum Gasteiger partial charge on any atom is -0.369 e. The van der Waals surface area contributed by atoms with Gasteiger partial charge in [0, 0.05) is 36.7 Å². The van der Waals surface area contributed by atoms with Crippen molar-refractivity contribution in [3.05, 3.63) is 46.1 Å². The number of carbonyl (C=O) groups is 2. The molecule has 1 aromatic carbocycles. The summed E-state index contributed by atoms with van der Waals surface area (Å²) in [5.41, 5.74) is 8.14. The van der Waals surface area contributed by atoms with Gasteiger partial charge < -0.3 is 16.0 Å². The van der Waals surface area contributed by atoms with E-state index in [0.717, 1.165) is 56.7 Å². The summed E-state index contributed by atoms with van der Waals surface area (Å²) >= 11 is 1.49. The highest BCUT2D eigenvalue weighted by Crippen LogP contribution is 2.39. The molecule has 6 nitrogen and oxygen atoms in total. The Morgan fingerprint density at radius 2 is 1.90 bits per heavy atom. The lowest BCUT2D eigenvalue weighted by atomic mass is 9.88. The normalized spacial score (nSPS) is 19.4. The van der Waals surface area contributed by atoms with E-state index in [9.17, 15) is 14.0 Å². The van der Waals surface area contributed by atoms with E-state index in [0.29, 0.717) is 16.5 Å². The zero-order valence-electron chi connectivity index (χ0n) is 17.1. The summed E-state index contributed by atoms with van der Waals surface area (Å²) in [6.45, 7) is 5.51. The molecule has 8 heteroatoms. The van der Waals surface area contributed by atoms with E-state index >= 15 is 0 Å². The molecule has 1 aromatic heterocycles. The van der Waals surface area contributed by atoms with Crippen LogP contribution in [0.2, 0.25) is 0 Å². The largest absolute Gasteiger partial charge is 0.369 e. The first-order valence-corrected chi connectivity index (χ1v) is 11.2. The maximum Gasteiger partial charge on any atom is 0.251 e. The maximum atomic E-state index is 13.1. The van der Waals surface area contributed by atoms with Crippen molar-refractivity contribution in [3.63, 3.8) is 0 Å². The summed E-state index contributed by atoms with van der Waals surface area (Å²) in [5.74, 6) is -0.253. The second-order valence-electron chi connectivity index (χ2n) is 8.21. The van der Waals surface area contributed by atoms with Crippen LogP contribution >= 0.6 is 11.3 Å². The van der Waals surface area contributed by atoms with Crippen LogP contribution in [0.1, 0.15) is 34.1 Å². The van der Waals surface area contributed by atoms with Crippen molar-refractivity contribution in [1.29, 1.82) is 0 Å². The van der Waals surface area contributed by atoms with Gasteiger partial charge in [-0.2, -0.15) is 0 Å². The standard InChI is InChI=1S/C22H27FN4O2S/c1-14-2-7-17-18(12-14)30-22(20(17)21(24)29)25-19(28)13-26-8-10-27(11-9-26)16-5-3-15(23)4-6-16/h3-6,14H,2,7-13H2,1H3,(H2,24,29)(H,25,28). The van der Waals surface area contributed by atoms with Crippen molar-refractivity contribution in [1.82, 2.24) is 4.90 Å². The second-order valence-corrected chi connectivity index (χ2v) is 9.31. The quantitative estimate of drug-likeness (QED) is 0.765. The van der Waals surface area contributed by atoms with Gasteiger partial charge in [-0.05, 0) is 55.0 Å². The molecule has 1 atom stereocenters. The molecule has 2 aliphatic rings.